The molecule has 7 heteroatoms. The van der Waals surface area contributed by atoms with Gasteiger partial charge in [0, 0.05) is 11.1 Å². The number of fused-ring (bicyclic) bond motifs is 5. The van der Waals surface area contributed by atoms with E-state index < -0.39 is 0 Å². The van der Waals surface area contributed by atoms with Crippen LogP contribution >= 0.6 is 0 Å². The van der Waals surface area contributed by atoms with E-state index in [0.29, 0.717) is 16.8 Å². The summed E-state index contributed by atoms with van der Waals surface area (Å²) < 4.78 is 5.43. The molecule has 0 bridgehead atoms. The fraction of sp³-hybridized carbons (Fsp3) is 0.0192. The van der Waals surface area contributed by atoms with Gasteiger partial charge in [0.1, 0.15) is 12.0 Å². The average Bonchev–Trinajstić information content (AvgIpc) is 3.69. The molecule has 0 N–H and O–H groups in total. The normalized spacial score (nSPS) is 11.7. The number of carbonyl (C=O) groups excluding carboxylic acids is 1. The van der Waals surface area contributed by atoms with Crippen molar-refractivity contribution in [3.05, 3.63) is 186 Å². The smallest absolute Gasteiger partial charge is 0.239 e. The van der Waals surface area contributed by atoms with Crippen LogP contribution in [-0.2, 0) is 0 Å². The van der Waals surface area contributed by atoms with Crippen molar-refractivity contribution in [1.82, 2.24) is 0 Å². The largest absolute Gasteiger partial charge is 0.497 e. The number of methoxy groups -OCH3 is 1. The molecule has 2 radical (unpaired) electrons. The highest BCUT2D eigenvalue weighted by Gasteiger charge is 2.36. The Morgan fingerprint density at radius 3 is 1.93 bits per heavy atom. The number of ether oxygens (including phenoxy) is 1. The fourth-order valence-corrected chi connectivity index (χ4v) is 8.84. The summed E-state index contributed by atoms with van der Waals surface area (Å²) in [5, 5.41) is 9.80. The summed E-state index contributed by atoms with van der Waals surface area (Å²) in [5.41, 5.74) is 20.7. The van der Waals surface area contributed by atoms with Crippen LogP contribution in [-0.4, -0.2) is 34.7 Å². The highest BCUT2D eigenvalue weighted by molar-refractivity contribution is 7.06. The Morgan fingerprint density at radius 2 is 1.20 bits per heavy atom. The molecule has 0 saturated heterocycles. The molecule has 270 valence electrons. The molecule has 0 aromatic heterocycles. The van der Waals surface area contributed by atoms with Gasteiger partial charge in [-0.1, -0.05) is 160 Å². The van der Waals surface area contributed by atoms with Gasteiger partial charge in [-0.3, -0.25) is 4.79 Å². The first-order chi connectivity index (χ1) is 29.0. The quantitative estimate of drug-likeness (QED) is 0.103. The first-order valence-corrected chi connectivity index (χ1v) is 19.5. The monoisotopic (exact) mass is 748 g/mol. The van der Waals surface area contributed by atoms with Crippen molar-refractivity contribution in [3.63, 3.8) is 0 Å². The second-order valence-electron chi connectivity index (χ2n) is 15.0. The van der Waals surface area contributed by atoms with Gasteiger partial charge < -0.3 is 4.74 Å². The Balaban J connectivity index is 1.13. The van der Waals surface area contributed by atoms with E-state index in [2.05, 4.69) is 135 Å². The van der Waals surface area contributed by atoms with Gasteiger partial charge >= 0.3 is 0 Å². The number of carbonyl (C=O) groups is 1. The van der Waals surface area contributed by atoms with Gasteiger partial charge in [-0.25, -0.2) is 4.85 Å². The van der Waals surface area contributed by atoms with Crippen LogP contribution < -0.4 is 43.0 Å². The van der Waals surface area contributed by atoms with E-state index in [4.69, 9.17) is 11.3 Å². The summed E-state index contributed by atoms with van der Waals surface area (Å²) in [4.78, 5) is 15.0. The molecule has 0 spiro atoms. The van der Waals surface area contributed by atoms with Crippen LogP contribution in [0.5, 0.6) is 5.75 Å². The summed E-state index contributed by atoms with van der Waals surface area (Å²) >= 11 is 0. The molecular formula is C52H31B3N2O2. The lowest BCUT2D eigenvalue weighted by atomic mass is 9.26. The zero-order valence-electron chi connectivity index (χ0n) is 32.1. The van der Waals surface area contributed by atoms with Crippen LogP contribution in [0.15, 0.2) is 164 Å². The molecule has 0 unspecified atom stereocenters. The first-order valence-electron chi connectivity index (χ1n) is 19.5. The van der Waals surface area contributed by atoms with Crippen molar-refractivity contribution in [3.8, 4) is 67.5 Å². The number of hydrogen-bond acceptors (Lipinski definition) is 3. The van der Waals surface area contributed by atoms with E-state index in [9.17, 15) is 10.1 Å². The third-order valence-electron chi connectivity index (χ3n) is 11.7. The second-order valence-corrected chi connectivity index (χ2v) is 15.0. The van der Waals surface area contributed by atoms with E-state index in [-0.39, 0.29) is 6.71 Å². The lowest BCUT2D eigenvalue weighted by molar-refractivity contribution is 0.112. The van der Waals surface area contributed by atoms with Crippen molar-refractivity contribution in [2.24, 2.45) is 0 Å². The number of nitrogens with zero attached hydrogens (tertiary/aromatic N) is 2. The first kappa shape index (κ1) is 35.8. The van der Waals surface area contributed by atoms with Gasteiger partial charge in [0.2, 0.25) is 6.71 Å². The van der Waals surface area contributed by atoms with E-state index in [0.717, 1.165) is 67.5 Å². The van der Waals surface area contributed by atoms with Crippen molar-refractivity contribution < 1.29 is 9.53 Å². The van der Waals surface area contributed by atoms with E-state index >= 15 is 0 Å². The molecule has 4 nitrogen and oxygen atoms in total. The molecule has 8 aromatic rings. The van der Waals surface area contributed by atoms with Crippen LogP contribution in [0.4, 0.5) is 5.69 Å². The Kier molecular flexibility index (Phi) is 8.93. The molecule has 0 fully saturated rings. The second kappa shape index (κ2) is 14.7. The topological polar surface area (TPSA) is 54.4 Å². The summed E-state index contributed by atoms with van der Waals surface area (Å²) in [6.07, 6.45) is 0.875. The van der Waals surface area contributed by atoms with Crippen LogP contribution in [0, 0.1) is 17.9 Å². The summed E-state index contributed by atoms with van der Waals surface area (Å²) in [6, 6.07) is 58.7. The maximum atomic E-state index is 11.3. The van der Waals surface area contributed by atoms with E-state index in [1.165, 1.54) is 38.4 Å². The van der Waals surface area contributed by atoms with Gasteiger partial charge in [-0.15, -0.1) is 0 Å². The van der Waals surface area contributed by atoms with Gasteiger partial charge in [0.25, 0.3) is 0 Å². The number of benzene rings is 8. The van der Waals surface area contributed by atoms with Crippen molar-refractivity contribution >= 4 is 71.5 Å². The van der Waals surface area contributed by atoms with Crippen molar-refractivity contribution in [2.75, 3.05) is 7.11 Å². The molecule has 8 aromatic carbocycles. The highest BCUT2D eigenvalue weighted by Crippen LogP contribution is 2.30. The predicted molar refractivity (Wildman–Crippen MR) is 244 cm³/mol. The van der Waals surface area contributed by atoms with Crippen LogP contribution in [0.1, 0.15) is 15.9 Å². The fourth-order valence-electron chi connectivity index (χ4n) is 8.84. The van der Waals surface area contributed by atoms with Gasteiger partial charge in [0.05, 0.1) is 19.8 Å². The average molecular weight is 748 g/mol. The lowest BCUT2D eigenvalue weighted by Gasteiger charge is -2.30. The Hall–Kier alpha value is -7.60. The number of rotatable bonds is 7. The SMILES string of the molecule is [C-]#[N+]c1cc(C#N)cc(-c2ccc3c(c2)[B]c2c(cccc2-c2cccc(-c4ccc(OC)cc4)c2)B3c2cccc3c2[B]c2ccc(-c4ccc(C=O)cc4)cc2-3)c1. The maximum absolute atomic E-state index is 11.3. The molecule has 0 saturated carbocycles. The van der Waals surface area contributed by atoms with E-state index in [1.54, 1.807) is 13.2 Å². The Labute approximate surface area is 345 Å². The molecule has 59 heavy (non-hydrogen) atoms. The molecule has 10 rings (SSSR count). The van der Waals surface area contributed by atoms with E-state index in [1.807, 2.05) is 48.5 Å². The predicted octanol–water partition coefficient (Wildman–Crippen LogP) is 6.72. The minimum Gasteiger partial charge on any atom is -0.497 e. The molecule has 2 aliphatic rings. The van der Waals surface area contributed by atoms with Gasteiger partial charge in [-0.2, -0.15) is 5.26 Å². The van der Waals surface area contributed by atoms with Crippen LogP contribution in [0.2, 0.25) is 0 Å². The van der Waals surface area contributed by atoms with Gasteiger partial charge in [0.15, 0.2) is 20.2 Å². The van der Waals surface area contributed by atoms with Crippen molar-refractivity contribution in [2.45, 2.75) is 0 Å². The van der Waals surface area contributed by atoms with Crippen LogP contribution in [0.25, 0.3) is 60.5 Å². The molecule has 0 atom stereocenters. The summed E-state index contributed by atoms with van der Waals surface area (Å²) in [7, 11) is 6.32. The number of aldehydes is 1. The van der Waals surface area contributed by atoms with Crippen LogP contribution in [0.3, 0.4) is 0 Å². The highest BCUT2D eigenvalue weighted by atomic mass is 16.5. The molecule has 2 aliphatic heterocycles. The minimum atomic E-state index is -0.0797. The molecule has 2 heterocycles. The lowest BCUT2D eigenvalue weighted by Crippen LogP contribution is -2.70. The standard InChI is InChI=1S/C52H31B3N2O2/c1-57-41-25-33(30-56)24-40(27-41)38-19-23-48-47(29-38)54-51-43(39-7-3-6-36(26-39)35-16-20-42(59-2)21-17-35)8-4-10-49(51)55(48)50-11-5-9-44-45-28-37(18-22-46(45)53-52(44)50)34-14-12-32(31-58)13-15-34/h3-29,31H,2H3. The Morgan fingerprint density at radius 1 is 0.576 bits per heavy atom. The summed E-state index contributed by atoms with van der Waals surface area (Å²) in [6.45, 7) is 7.61. The number of hydrogen-bond donors (Lipinski definition) is 0. The minimum absolute atomic E-state index is 0.0797. The zero-order chi connectivity index (χ0) is 40.0. The number of nitriles is 1. The van der Waals surface area contributed by atoms with Crippen molar-refractivity contribution in [1.29, 1.82) is 5.26 Å². The molecule has 0 amide bonds. The zero-order valence-corrected chi connectivity index (χ0v) is 32.1. The Bertz CT molecular complexity index is 3060. The third kappa shape index (κ3) is 6.35. The third-order valence-corrected chi connectivity index (χ3v) is 11.7. The molecule has 0 aliphatic carbocycles. The molecular weight excluding hydrogens is 717 g/mol. The summed E-state index contributed by atoms with van der Waals surface area (Å²) in [5.74, 6) is 0.823. The maximum Gasteiger partial charge on any atom is 0.239 e. The van der Waals surface area contributed by atoms with Gasteiger partial charge in [-0.05, 0) is 98.1 Å².